The van der Waals surface area contributed by atoms with Crippen molar-refractivity contribution < 1.29 is 27.4 Å². The van der Waals surface area contributed by atoms with Crippen LogP contribution in [-0.4, -0.2) is 24.4 Å². The Hall–Kier alpha value is -1.98. The van der Waals surface area contributed by atoms with Crippen molar-refractivity contribution in [3.63, 3.8) is 0 Å². The number of alkyl halides is 3. The van der Waals surface area contributed by atoms with E-state index < -0.39 is 23.3 Å². The van der Waals surface area contributed by atoms with Gasteiger partial charge in [-0.25, -0.2) is 4.79 Å². The number of ether oxygens (including phenoxy) is 2. The minimum Gasteiger partial charge on any atom is -0.472 e. The predicted molar refractivity (Wildman–Crippen MR) is 70.8 cm³/mol. The molecule has 1 unspecified atom stereocenters. The molecule has 3 nitrogen and oxygen atoms in total. The zero-order valence-corrected chi connectivity index (χ0v) is 11.9. The highest BCUT2D eigenvalue weighted by Gasteiger charge is 2.60. The van der Waals surface area contributed by atoms with Crippen molar-refractivity contribution in [1.82, 2.24) is 0 Å². The fourth-order valence-corrected chi connectivity index (χ4v) is 2.38. The van der Waals surface area contributed by atoms with E-state index in [0.717, 1.165) is 6.92 Å². The summed E-state index contributed by atoms with van der Waals surface area (Å²) < 4.78 is 50.4. The first-order chi connectivity index (χ1) is 9.72. The summed E-state index contributed by atoms with van der Waals surface area (Å²) >= 11 is 0. The summed E-state index contributed by atoms with van der Waals surface area (Å²) in [6.07, 6.45) is -4.75. The molecule has 0 saturated heterocycles. The molecule has 0 spiro atoms. The Morgan fingerprint density at radius 1 is 1.33 bits per heavy atom. The molecule has 21 heavy (non-hydrogen) atoms. The van der Waals surface area contributed by atoms with Gasteiger partial charge in [0.15, 0.2) is 0 Å². The smallest absolute Gasteiger partial charge is 0.432 e. The number of benzene rings is 1. The van der Waals surface area contributed by atoms with Crippen LogP contribution in [0, 0.1) is 0 Å². The van der Waals surface area contributed by atoms with Gasteiger partial charge in [-0.15, -0.1) is 0 Å². The van der Waals surface area contributed by atoms with Crippen LogP contribution in [0.4, 0.5) is 13.2 Å². The summed E-state index contributed by atoms with van der Waals surface area (Å²) in [6.45, 7) is 3.85. The van der Waals surface area contributed by atoms with Crippen LogP contribution in [0.2, 0.25) is 0 Å². The zero-order valence-electron chi connectivity index (χ0n) is 11.9. The molecule has 6 heteroatoms. The average Bonchev–Trinajstić information content (AvgIpc) is 2.37. The lowest BCUT2D eigenvalue weighted by atomic mass is 9.85. The molecule has 1 aromatic rings. The molecule has 0 saturated carbocycles. The Bertz CT molecular complexity index is 604. The number of carbonyl (C=O) groups excluding carboxylic acids is 1. The van der Waals surface area contributed by atoms with Gasteiger partial charge in [0, 0.05) is 5.56 Å². The van der Waals surface area contributed by atoms with Crippen LogP contribution >= 0.6 is 0 Å². The van der Waals surface area contributed by atoms with Crippen LogP contribution < -0.4 is 4.74 Å². The third-order valence-electron chi connectivity index (χ3n) is 3.48. The summed E-state index contributed by atoms with van der Waals surface area (Å²) in [4.78, 5) is 12.0. The Labute approximate surface area is 120 Å². The fourth-order valence-electron chi connectivity index (χ4n) is 2.38. The van der Waals surface area contributed by atoms with Crippen LogP contribution in [0.25, 0.3) is 5.57 Å². The van der Waals surface area contributed by atoms with Crippen LogP contribution in [0.1, 0.15) is 26.3 Å². The minimum atomic E-state index is -4.75. The maximum absolute atomic E-state index is 13.5. The number of hydrogen-bond acceptors (Lipinski definition) is 3. The number of rotatable bonds is 2. The van der Waals surface area contributed by atoms with Gasteiger partial charge in [-0.1, -0.05) is 18.2 Å². The Morgan fingerprint density at radius 2 is 1.95 bits per heavy atom. The number of hydrogen-bond donors (Lipinski definition) is 0. The minimum absolute atomic E-state index is 0.00873. The van der Waals surface area contributed by atoms with E-state index in [1.807, 2.05) is 0 Å². The van der Waals surface area contributed by atoms with Gasteiger partial charge in [-0.2, -0.15) is 13.2 Å². The van der Waals surface area contributed by atoms with Gasteiger partial charge in [0.05, 0.1) is 12.2 Å². The maximum atomic E-state index is 13.5. The molecule has 1 aliphatic heterocycles. The number of allylic oxidation sites excluding steroid dienone is 1. The van der Waals surface area contributed by atoms with Crippen LogP contribution in [0.3, 0.4) is 0 Å². The Balaban J connectivity index is 2.69. The predicted octanol–water partition coefficient (Wildman–Crippen LogP) is 3.74. The van der Waals surface area contributed by atoms with E-state index in [4.69, 9.17) is 9.47 Å². The Kier molecular flexibility index (Phi) is 3.74. The molecular formula is C15H15F3O3. The number of para-hydroxylation sites is 1. The normalized spacial score (nSPS) is 21.6. The van der Waals surface area contributed by atoms with E-state index in [0.29, 0.717) is 5.56 Å². The van der Waals surface area contributed by atoms with E-state index in [9.17, 15) is 18.0 Å². The second kappa shape index (κ2) is 5.09. The van der Waals surface area contributed by atoms with E-state index >= 15 is 0 Å². The van der Waals surface area contributed by atoms with Gasteiger partial charge >= 0.3 is 12.1 Å². The van der Waals surface area contributed by atoms with Crippen LogP contribution in [0.5, 0.6) is 5.75 Å². The summed E-state index contributed by atoms with van der Waals surface area (Å²) in [5.41, 5.74) is -2.55. The standard InChI is InChI=1S/C15H15F3O3/c1-4-20-13(19)12-9(2)10-7-5-6-8-11(10)21-14(12,3)15(16,17)18/h5-8H,4H2,1-3H3. The van der Waals surface area contributed by atoms with Gasteiger partial charge in [0.25, 0.3) is 0 Å². The van der Waals surface area contributed by atoms with E-state index in [1.54, 1.807) is 18.2 Å². The molecule has 0 fully saturated rings. The van der Waals surface area contributed by atoms with Crippen LogP contribution in [-0.2, 0) is 9.53 Å². The summed E-state index contributed by atoms with van der Waals surface area (Å²) in [5, 5.41) is 0. The number of carbonyl (C=O) groups is 1. The van der Waals surface area contributed by atoms with Crippen molar-refractivity contribution in [2.75, 3.05) is 6.61 Å². The molecular weight excluding hydrogens is 285 g/mol. The molecule has 1 aliphatic rings. The monoisotopic (exact) mass is 300 g/mol. The fraction of sp³-hybridized carbons (Fsp3) is 0.400. The highest BCUT2D eigenvalue weighted by Crippen LogP contribution is 2.48. The van der Waals surface area contributed by atoms with Crippen molar-refractivity contribution in [3.8, 4) is 5.75 Å². The molecule has 0 radical (unpaired) electrons. The first-order valence-corrected chi connectivity index (χ1v) is 6.46. The highest BCUT2D eigenvalue weighted by molar-refractivity contribution is 6.01. The molecule has 0 N–H and O–H groups in total. The van der Waals surface area contributed by atoms with Crippen molar-refractivity contribution >= 4 is 11.5 Å². The van der Waals surface area contributed by atoms with E-state index in [2.05, 4.69) is 0 Å². The van der Waals surface area contributed by atoms with Crippen LogP contribution in [0.15, 0.2) is 29.8 Å². The van der Waals surface area contributed by atoms with Gasteiger partial charge in [-0.3, -0.25) is 0 Å². The second-order valence-electron chi connectivity index (χ2n) is 4.85. The lowest BCUT2D eigenvalue weighted by Crippen LogP contribution is -2.53. The lowest BCUT2D eigenvalue weighted by molar-refractivity contribution is -0.229. The van der Waals surface area contributed by atoms with Gasteiger partial charge < -0.3 is 9.47 Å². The second-order valence-corrected chi connectivity index (χ2v) is 4.85. The zero-order chi connectivity index (χ0) is 15.8. The highest BCUT2D eigenvalue weighted by atomic mass is 19.4. The number of esters is 1. The van der Waals surface area contributed by atoms with Crippen molar-refractivity contribution in [2.24, 2.45) is 0 Å². The molecule has 1 atom stereocenters. The van der Waals surface area contributed by atoms with Gasteiger partial charge in [0.2, 0.25) is 5.60 Å². The maximum Gasteiger partial charge on any atom is 0.432 e. The van der Waals surface area contributed by atoms with Gasteiger partial charge in [0.1, 0.15) is 5.75 Å². The van der Waals surface area contributed by atoms with Gasteiger partial charge in [-0.05, 0) is 32.4 Å². The topological polar surface area (TPSA) is 35.5 Å². The molecule has 0 aromatic heterocycles. The molecule has 0 aliphatic carbocycles. The third-order valence-corrected chi connectivity index (χ3v) is 3.48. The quantitative estimate of drug-likeness (QED) is 0.781. The average molecular weight is 300 g/mol. The molecule has 0 bridgehead atoms. The molecule has 114 valence electrons. The largest absolute Gasteiger partial charge is 0.472 e. The summed E-state index contributed by atoms with van der Waals surface area (Å²) in [5.74, 6) is -0.910. The Morgan fingerprint density at radius 3 is 2.52 bits per heavy atom. The molecule has 2 rings (SSSR count). The molecule has 1 aromatic carbocycles. The molecule has 1 heterocycles. The van der Waals surface area contributed by atoms with Crippen molar-refractivity contribution in [1.29, 1.82) is 0 Å². The molecule has 0 amide bonds. The van der Waals surface area contributed by atoms with E-state index in [-0.39, 0.29) is 17.9 Å². The number of halogens is 3. The first kappa shape index (κ1) is 15.4. The summed E-state index contributed by atoms with van der Waals surface area (Å²) in [6, 6.07) is 6.31. The number of fused-ring (bicyclic) bond motifs is 1. The summed E-state index contributed by atoms with van der Waals surface area (Å²) in [7, 11) is 0. The first-order valence-electron chi connectivity index (χ1n) is 6.46. The van der Waals surface area contributed by atoms with Crippen molar-refractivity contribution in [3.05, 3.63) is 35.4 Å². The third kappa shape index (κ3) is 2.39. The van der Waals surface area contributed by atoms with Crippen molar-refractivity contribution in [2.45, 2.75) is 32.5 Å². The van der Waals surface area contributed by atoms with E-state index in [1.165, 1.54) is 19.9 Å². The lowest BCUT2D eigenvalue weighted by Gasteiger charge is -2.38. The SMILES string of the molecule is CCOC(=O)C1=C(C)c2ccccc2OC1(C)C(F)(F)F.